The molecule has 5 aromatic rings. The second kappa shape index (κ2) is 5.12. The molecule has 0 saturated carbocycles. The molecule has 0 fully saturated rings. The Bertz CT molecular complexity index is 1220. The van der Waals surface area contributed by atoms with Gasteiger partial charge in [-0.25, -0.2) is 0 Å². The highest BCUT2D eigenvalue weighted by molar-refractivity contribution is 6.40. The van der Waals surface area contributed by atoms with Crippen molar-refractivity contribution in [3.05, 3.63) is 83.9 Å². The number of rotatable bonds is 1. The minimum absolute atomic E-state index is 0.743. The van der Waals surface area contributed by atoms with Gasteiger partial charge in [0.2, 0.25) is 0 Å². The molecule has 5 rings (SSSR count). The van der Waals surface area contributed by atoms with Crippen LogP contribution in [0.2, 0.25) is 5.02 Å². The molecule has 0 spiro atoms. The first-order valence-electron chi connectivity index (χ1n) is 7.90. The van der Waals surface area contributed by atoms with Crippen LogP contribution in [0, 0.1) is 0 Å². The quantitative estimate of drug-likeness (QED) is 0.321. The zero-order chi connectivity index (χ0) is 16.1. The number of benzene rings is 4. The Hall–Kier alpha value is -2.77. The van der Waals surface area contributed by atoms with Crippen LogP contribution in [0.25, 0.3) is 43.8 Å². The lowest BCUT2D eigenvalue weighted by Crippen LogP contribution is -1.82. The van der Waals surface area contributed by atoms with Gasteiger partial charge in [0.05, 0.1) is 5.02 Å². The fraction of sp³-hybridized carbons (Fsp3) is 0. The van der Waals surface area contributed by atoms with E-state index in [1.165, 1.54) is 10.8 Å². The summed E-state index contributed by atoms with van der Waals surface area (Å²) in [5.41, 5.74) is 3.84. The molecule has 0 unspecified atom stereocenters. The molecule has 0 aliphatic heterocycles. The number of furan rings is 1. The van der Waals surface area contributed by atoms with Gasteiger partial charge in [0.15, 0.2) is 0 Å². The van der Waals surface area contributed by atoms with E-state index in [0.717, 1.165) is 38.1 Å². The minimum Gasteiger partial charge on any atom is -0.456 e. The van der Waals surface area contributed by atoms with Crippen LogP contribution in [0.4, 0.5) is 0 Å². The molecule has 24 heavy (non-hydrogen) atoms. The average Bonchev–Trinajstić information content (AvgIpc) is 3.01. The van der Waals surface area contributed by atoms with E-state index in [1.54, 1.807) is 0 Å². The maximum absolute atomic E-state index is 6.79. The van der Waals surface area contributed by atoms with Crippen molar-refractivity contribution in [2.24, 2.45) is 0 Å². The normalized spacial score (nSPS) is 11.5. The molecule has 114 valence electrons. The van der Waals surface area contributed by atoms with E-state index < -0.39 is 0 Å². The van der Waals surface area contributed by atoms with Crippen LogP contribution in [0.5, 0.6) is 0 Å². The summed E-state index contributed by atoms with van der Waals surface area (Å²) in [6, 6.07) is 26.9. The van der Waals surface area contributed by atoms with E-state index >= 15 is 0 Å². The molecule has 1 heterocycles. The van der Waals surface area contributed by atoms with Crippen molar-refractivity contribution in [1.82, 2.24) is 0 Å². The summed E-state index contributed by atoms with van der Waals surface area (Å²) in [6.45, 7) is 0. The highest BCUT2D eigenvalue weighted by Gasteiger charge is 2.14. The van der Waals surface area contributed by atoms with Crippen LogP contribution in [-0.4, -0.2) is 0 Å². The Labute approximate surface area is 144 Å². The summed E-state index contributed by atoms with van der Waals surface area (Å²) in [5, 5.41) is 5.22. The smallest absolute Gasteiger partial charge is 0.136 e. The van der Waals surface area contributed by atoms with Crippen molar-refractivity contribution in [3.63, 3.8) is 0 Å². The largest absolute Gasteiger partial charge is 0.456 e. The van der Waals surface area contributed by atoms with Crippen LogP contribution < -0.4 is 0 Å². The number of hydrogen-bond acceptors (Lipinski definition) is 1. The van der Waals surface area contributed by atoms with Gasteiger partial charge in [-0.1, -0.05) is 66.2 Å². The predicted octanol–water partition coefficient (Wildman–Crippen LogP) is 7.06. The highest BCUT2D eigenvalue weighted by Crippen LogP contribution is 2.40. The molecule has 0 saturated heterocycles. The zero-order valence-electron chi connectivity index (χ0n) is 12.8. The van der Waals surface area contributed by atoms with Gasteiger partial charge in [-0.15, -0.1) is 0 Å². The van der Waals surface area contributed by atoms with Crippen molar-refractivity contribution in [2.45, 2.75) is 0 Å². The molecule has 2 heteroatoms. The van der Waals surface area contributed by atoms with Crippen LogP contribution in [0.1, 0.15) is 0 Å². The van der Waals surface area contributed by atoms with Crippen molar-refractivity contribution in [2.75, 3.05) is 0 Å². The number of fused-ring (bicyclic) bond motifs is 4. The third kappa shape index (κ3) is 1.95. The zero-order valence-corrected chi connectivity index (χ0v) is 13.5. The van der Waals surface area contributed by atoms with Gasteiger partial charge in [0, 0.05) is 16.3 Å². The second-order valence-corrected chi connectivity index (χ2v) is 6.34. The van der Waals surface area contributed by atoms with Gasteiger partial charge in [-0.05, 0) is 40.6 Å². The predicted molar refractivity (Wildman–Crippen MR) is 102 cm³/mol. The van der Waals surface area contributed by atoms with E-state index in [1.807, 2.05) is 30.3 Å². The molecule has 0 atom stereocenters. The lowest BCUT2D eigenvalue weighted by atomic mass is 9.99. The molecule has 4 aromatic carbocycles. The first-order chi connectivity index (χ1) is 11.8. The third-order valence-electron chi connectivity index (χ3n) is 4.54. The first-order valence-corrected chi connectivity index (χ1v) is 8.28. The Balaban J connectivity index is 1.82. The summed E-state index contributed by atoms with van der Waals surface area (Å²) < 4.78 is 5.91. The van der Waals surface area contributed by atoms with Crippen LogP contribution in [0.15, 0.2) is 83.3 Å². The Morgan fingerprint density at radius 3 is 2.38 bits per heavy atom. The molecule has 0 bridgehead atoms. The third-order valence-corrected chi connectivity index (χ3v) is 4.93. The maximum Gasteiger partial charge on any atom is 0.136 e. The van der Waals surface area contributed by atoms with E-state index in [-0.39, 0.29) is 0 Å². The van der Waals surface area contributed by atoms with Crippen molar-refractivity contribution >= 4 is 44.3 Å². The second-order valence-electron chi connectivity index (χ2n) is 5.96. The van der Waals surface area contributed by atoms with E-state index in [9.17, 15) is 0 Å². The first kappa shape index (κ1) is 13.6. The van der Waals surface area contributed by atoms with Crippen LogP contribution in [0.3, 0.4) is 0 Å². The van der Waals surface area contributed by atoms with Gasteiger partial charge < -0.3 is 4.42 Å². The molecule has 1 aromatic heterocycles. The van der Waals surface area contributed by atoms with Crippen LogP contribution in [-0.2, 0) is 0 Å². The lowest BCUT2D eigenvalue weighted by molar-refractivity contribution is 0.669. The highest BCUT2D eigenvalue weighted by atomic mass is 35.5. The standard InChI is InChI=1S/C22H13ClO/c23-22-17(16-10-9-14-5-1-2-6-15(14)13-16)11-12-20-21(22)18-7-3-4-8-19(18)24-20/h1-13H. The summed E-state index contributed by atoms with van der Waals surface area (Å²) in [4.78, 5) is 0. The summed E-state index contributed by atoms with van der Waals surface area (Å²) in [7, 11) is 0. The number of para-hydroxylation sites is 1. The van der Waals surface area contributed by atoms with Gasteiger partial charge in [0.1, 0.15) is 11.2 Å². The summed E-state index contributed by atoms with van der Waals surface area (Å²) >= 11 is 6.79. The average molecular weight is 329 g/mol. The van der Waals surface area contributed by atoms with Gasteiger partial charge >= 0.3 is 0 Å². The molecule has 0 amide bonds. The molecule has 0 aliphatic rings. The van der Waals surface area contributed by atoms with E-state index in [4.69, 9.17) is 16.0 Å². The maximum atomic E-state index is 6.79. The topological polar surface area (TPSA) is 13.1 Å². The Kier molecular flexibility index (Phi) is 2.91. The van der Waals surface area contributed by atoms with Crippen LogP contribution >= 0.6 is 11.6 Å². The van der Waals surface area contributed by atoms with Gasteiger partial charge in [0.25, 0.3) is 0 Å². The molecule has 0 N–H and O–H groups in total. The number of hydrogen-bond donors (Lipinski definition) is 0. The molecular formula is C22H13ClO. The fourth-order valence-electron chi connectivity index (χ4n) is 3.35. The molecule has 0 radical (unpaired) electrons. The molecular weight excluding hydrogens is 316 g/mol. The minimum atomic E-state index is 0.743. The van der Waals surface area contributed by atoms with Crippen molar-refractivity contribution in [3.8, 4) is 11.1 Å². The van der Waals surface area contributed by atoms with Gasteiger partial charge in [-0.2, -0.15) is 0 Å². The van der Waals surface area contributed by atoms with Crippen molar-refractivity contribution < 1.29 is 4.42 Å². The lowest BCUT2D eigenvalue weighted by Gasteiger charge is -2.07. The van der Waals surface area contributed by atoms with Crippen molar-refractivity contribution in [1.29, 1.82) is 0 Å². The summed E-state index contributed by atoms with van der Waals surface area (Å²) in [6.07, 6.45) is 0. The Morgan fingerprint density at radius 2 is 1.46 bits per heavy atom. The van der Waals surface area contributed by atoms with E-state index in [0.29, 0.717) is 0 Å². The SMILES string of the molecule is Clc1c(-c2ccc3ccccc3c2)ccc2oc3ccccc3c12. The summed E-state index contributed by atoms with van der Waals surface area (Å²) in [5.74, 6) is 0. The fourth-order valence-corrected chi connectivity index (χ4v) is 3.72. The Morgan fingerprint density at radius 1 is 0.667 bits per heavy atom. The van der Waals surface area contributed by atoms with E-state index in [2.05, 4.69) is 48.5 Å². The molecule has 0 aliphatic carbocycles. The van der Waals surface area contributed by atoms with Gasteiger partial charge in [-0.3, -0.25) is 0 Å². The monoisotopic (exact) mass is 328 g/mol. The molecule has 1 nitrogen and oxygen atoms in total. The number of halogens is 1.